The summed E-state index contributed by atoms with van der Waals surface area (Å²) in [5, 5.41) is 2.76. The second-order valence-corrected chi connectivity index (χ2v) is 8.50. The van der Waals surface area contributed by atoms with Crippen LogP contribution in [0.3, 0.4) is 0 Å². The number of hydrogen-bond donors (Lipinski definition) is 1. The predicted octanol–water partition coefficient (Wildman–Crippen LogP) is 2.69. The zero-order valence-electron chi connectivity index (χ0n) is 13.4. The zero-order chi connectivity index (χ0) is 16.9. The summed E-state index contributed by atoms with van der Waals surface area (Å²) in [7, 11) is -3.42. The lowest BCUT2D eigenvalue weighted by Gasteiger charge is -2.24. The van der Waals surface area contributed by atoms with Gasteiger partial charge in [0.2, 0.25) is 15.9 Å². The highest BCUT2D eigenvalue weighted by molar-refractivity contribution is 9.10. The first-order valence-electron chi connectivity index (χ1n) is 7.12. The van der Waals surface area contributed by atoms with Crippen LogP contribution in [-0.4, -0.2) is 33.7 Å². The molecule has 0 aliphatic carbocycles. The van der Waals surface area contributed by atoms with Crippen LogP contribution >= 0.6 is 15.9 Å². The van der Waals surface area contributed by atoms with Crippen molar-refractivity contribution in [2.45, 2.75) is 27.2 Å². The Hall–Kier alpha value is -1.08. The summed E-state index contributed by atoms with van der Waals surface area (Å²) in [6.07, 6.45) is 1.60. The molecule has 0 aliphatic heterocycles. The Kier molecular flexibility index (Phi) is 6.87. The first-order chi connectivity index (χ1) is 10.1. The lowest BCUT2D eigenvalue weighted by atomic mass is 10.1. The molecule has 1 aromatic carbocycles. The molecule has 0 radical (unpaired) electrons. The standard InChI is InChI=1S/C15H23BrN2O3S/c1-11(2)9-15(19)17-7-8-18(22(4,20)21)14-6-5-12(3)10-13(14)16/h5-6,10-11H,7-9H2,1-4H3,(H,17,19). The third-order valence-electron chi connectivity index (χ3n) is 3.00. The van der Waals surface area contributed by atoms with Gasteiger partial charge in [0.05, 0.1) is 18.5 Å². The fourth-order valence-corrected chi connectivity index (χ4v) is 3.78. The number of nitrogens with one attached hydrogen (secondary N) is 1. The summed E-state index contributed by atoms with van der Waals surface area (Å²) < 4.78 is 26.0. The van der Waals surface area contributed by atoms with Crippen LogP contribution < -0.4 is 9.62 Å². The minimum Gasteiger partial charge on any atom is -0.354 e. The smallest absolute Gasteiger partial charge is 0.232 e. The van der Waals surface area contributed by atoms with Crippen LogP contribution in [0.2, 0.25) is 0 Å². The Balaban J connectivity index is 2.81. The number of aryl methyl sites for hydroxylation is 1. The van der Waals surface area contributed by atoms with E-state index in [1.807, 2.05) is 32.9 Å². The van der Waals surface area contributed by atoms with Gasteiger partial charge in [-0.25, -0.2) is 8.42 Å². The number of benzene rings is 1. The molecular weight excluding hydrogens is 368 g/mol. The van der Waals surface area contributed by atoms with Gasteiger partial charge in [-0.1, -0.05) is 19.9 Å². The molecule has 1 rings (SSSR count). The number of amides is 1. The van der Waals surface area contributed by atoms with Gasteiger partial charge in [0.1, 0.15) is 0 Å². The molecular formula is C15H23BrN2O3S. The number of carbonyl (C=O) groups is 1. The Labute approximate surface area is 141 Å². The minimum atomic E-state index is -3.42. The Bertz CT molecular complexity index is 630. The van der Waals surface area contributed by atoms with Crippen LogP contribution in [-0.2, 0) is 14.8 Å². The second kappa shape index (κ2) is 7.97. The van der Waals surface area contributed by atoms with Crippen molar-refractivity contribution in [3.8, 4) is 0 Å². The van der Waals surface area contributed by atoms with Crippen molar-refractivity contribution in [3.63, 3.8) is 0 Å². The van der Waals surface area contributed by atoms with Crippen molar-refractivity contribution in [3.05, 3.63) is 28.2 Å². The Morgan fingerprint density at radius 3 is 2.50 bits per heavy atom. The zero-order valence-corrected chi connectivity index (χ0v) is 15.8. The number of nitrogens with zero attached hydrogens (tertiary/aromatic N) is 1. The molecule has 22 heavy (non-hydrogen) atoms. The monoisotopic (exact) mass is 390 g/mol. The van der Waals surface area contributed by atoms with E-state index >= 15 is 0 Å². The van der Waals surface area contributed by atoms with E-state index in [1.54, 1.807) is 6.07 Å². The van der Waals surface area contributed by atoms with E-state index in [2.05, 4.69) is 21.2 Å². The molecule has 124 valence electrons. The van der Waals surface area contributed by atoms with Gasteiger partial charge >= 0.3 is 0 Å². The molecule has 0 heterocycles. The van der Waals surface area contributed by atoms with Crippen LogP contribution in [0, 0.1) is 12.8 Å². The molecule has 0 saturated heterocycles. The third-order valence-corrected chi connectivity index (χ3v) is 4.82. The molecule has 0 aliphatic rings. The van der Waals surface area contributed by atoms with Gasteiger partial charge in [-0.3, -0.25) is 9.10 Å². The molecule has 0 fully saturated rings. The maximum Gasteiger partial charge on any atom is 0.232 e. The lowest BCUT2D eigenvalue weighted by molar-refractivity contribution is -0.121. The molecule has 0 saturated carbocycles. The van der Waals surface area contributed by atoms with Crippen molar-refractivity contribution < 1.29 is 13.2 Å². The fraction of sp³-hybridized carbons (Fsp3) is 0.533. The molecule has 0 spiro atoms. The van der Waals surface area contributed by atoms with Crippen molar-refractivity contribution in [2.24, 2.45) is 5.92 Å². The number of carbonyl (C=O) groups excluding carboxylic acids is 1. The van der Waals surface area contributed by atoms with Gasteiger partial charge in [-0.15, -0.1) is 0 Å². The molecule has 0 atom stereocenters. The SMILES string of the molecule is Cc1ccc(N(CCNC(=O)CC(C)C)S(C)(=O)=O)c(Br)c1. The third kappa shape index (κ3) is 5.96. The maximum absolute atomic E-state index is 12.0. The maximum atomic E-state index is 12.0. The van der Waals surface area contributed by atoms with E-state index in [0.717, 1.165) is 11.8 Å². The van der Waals surface area contributed by atoms with Crippen LogP contribution in [0.5, 0.6) is 0 Å². The number of rotatable bonds is 7. The van der Waals surface area contributed by atoms with Crippen LogP contribution in [0.25, 0.3) is 0 Å². The molecule has 1 N–H and O–H groups in total. The molecule has 7 heteroatoms. The van der Waals surface area contributed by atoms with Crippen LogP contribution in [0.1, 0.15) is 25.8 Å². The van der Waals surface area contributed by atoms with Gasteiger partial charge in [-0.2, -0.15) is 0 Å². The van der Waals surface area contributed by atoms with E-state index in [4.69, 9.17) is 0 Å². The summed E-state index contributed by atoms with van der Waals surface area (Å²) >= 11 is 3.40. The van der Waals surface area contributed by atoms with Gasteiger partial charge in [-0.05, 0) is 46.5 Å². The van der Waals surface area contributed by atoms with E-state index < -0.39 is 10.0 Å². The van der Waals surface area contributed by atoms with Crippen molar-refractivity contribution in [1.82, 2.24) is 5.32 Å². The van der Waals surface area contributed by atoms with Gasteiger partial charge < -0.3 is 5.32 Å². The highest BCUT2D eigenvalue weighted by Crippen LogP contribution is 2.28. The van der Waals surface area contributed by atoms with Crippen molar-refractivity contribution in [2.75, 3.05) is 23.7 Å². The second-order valence-electron chi connectivity index (χ2n) is 5.74. The number of hydrogen-bond acceptors (Lipinski definition) is 3. The fourth-order valence-electron chi connectivity index (χ4n) is 2.02. The predicted molar refractivity (Wildman–Crippen MR) is 93.5 cm³/mol. The summed E-state index contributed by atoms with van der Waals surface area (Å²) in [6.45, 7) is 6.34. The summed E-state index contributed by atoms with van der Waals surface area (Å²) in [6, 6.07) is 5.48. The number of sulfonamides is 1. The average molecular weight is 391 g/mol. The van der Waals surface area contributed by atoms with Gasteiger partial charge in [0.25, 0.3) is 0 Å². The number of anilines is 1. The lowest BCUT2D eigenvalue weighted by Crippen LogP contribution is -2.38. The summed E-state index contributed by atoms with van der Waals surface area (Å²) in [5.41, 5.74) is 1.61. The highest BCUT2D eigenvalue weighted by Gasteiger charge is 2.19. The van der Waals surface area contributed by atoms with Crippen LogP contribution in [0.4, 0.5) is 5.69 Å². The molecule has 0 aromatic heterocycles. The molecule has 1 aromatic rings. The molecule has 0 bridgehead atoms. The summed E-state index contributed by atoms with van der Waals surface area (Å²) in [5.74, 6) is 0.212. The van der Waals surface area contributed by atoms with Crippen molar-refractivity contribution >= 4 is 37.5 Å². The first-order valence-corrected chi connectivity index (χ1v) is 9.76. The van der Waals surface area contributed by atoms with E-state index in [9.17, 15) is 13.2 Å². The van der Waals surface area contributed by atoms with Gasteiger partial charge in [0.15, 0.2) is 0 Å². The van der Waals surface area contributed by atoms with Crippen molar-refractivity contribution in [1.29, 1.82) is 0 Å². The molecule has 1 amide bonds. The summed E-state index contributed by atoms with van der Waals surface area (Å²) in [4.78, 5) is 11.6. The van der Waals surface area contributed by atoms with E-state index in [-0.39, 0.29) is 24.9 Å². The van der Waals surface area contributed by atoms with Crippen LogP contribution in [0.15, 0.2) is 22.7 Å². The van der Waals surface area contributed by atoms with Gasteiger partial charge in [0, 0.05) is 17.4 Å². The Morgan fingerprint density at radius 1 is 1.36 bits per heavy atom. The first kappa shape index (κ1) is 19.0. The normalized spacial score (nSPS) is 11.5. The van der Waals surface area contributed by atoms with E-state index in [1.165, 1.54) is 4.31 Å². The quantitative estimate of drug-likeness (QED) is 0.777. The largest absolute Gasteiger partial charge is 0.354 e. The topological polar surface area (TPSA) is 66.5 Å². The molecule has 0 unspecified atom stereocenters. The Morgan fingerprint density at radius 2 is 2.00 bits per heavy atom. The minimum absolute atomic E-state index is 0.0635. The average Bonchev–Trinajstić information content (AvgIpc) is 2.33. The van der Waals surface area contributed by atoms with E-state index in [0.29, 0.717) is 16.6 Å². The highest BCUT2D eigenvalue weighted by atomic mass is 79.9. The molecule has 5 nitrogen and oxygen atoms in total. The number of halogens is 1.